The smallest absolute Gasteiger partial charge is 0.191 e. The summed E-state index contributed by atoms with van der Waals surface area (Å²) in [4.78, 5) is 6.50. The molecule has 146 valence electrons. The van der Waals surface area contributed by atoms with Crippen molar-refractivity contribution in [2.45, 2.75) is 33.5 Å². The largest absolute Gasteiger partial charge is 0.494 e. The normalized spacial score (nSPS) is 11.6. The number of ether oxygens (including phenoxy) is 1. The Bertz CT molecular complexity index is 756. The van der Waals surface area contributed by atoms with Crippen LogP contribution < -0.4 is 15.4 Å². The first kappa shape index (κ1) is 20.8. The van der Waals surface area contributed by atoms with Gasteiger partial charge in [-0.3, -0.25) is 4.99 Å². The number of nitrogens with zero attached hydrogens (tertiary/aromatic N) is 2. The molecule has 2 rings (SSSR count). The maximum Gasteiger partial charge on any atom is 0.191 e. The number of hydrogen-bond acceptors (Lipinski definition) is 3. The van der Waals surface area contributed by atoms with E-state index in [1.807, 2.05) is 6.92 Å². The van der Waals surface area contributed by atoms with Crippen molar-refractivity contribution in [3.63, 3.8) is 0 Å². The van der Waals surface area contributed by atoms with Crippen molar-refractivity contribution in [3.05, 3.63) is 64.7 Å². The lowest BCUT2D eigenvalue weighted by atomic mass is 10.1. The number of guanidine groups is 1. The van der Waals surface area contributed by atoms with Gasteiger partial charge in [-0.2, -0.15) is 0 Å². The summed E-state index contributed by atoms with van der Waals surface area (Å²) < 4.78 is 5.75. The highest BCUT2D eigenvalue weighted by molar-refractivity contribution is 5.79. The van der Waals surface area contributed by atoms with Crippen LogP contribution in [-0.2, 0) is 19.6 Å². The molecule has 0 saturated carbocycles. The first-order chi connectivity index (χ1) is 13.0. The molecule has 0 heterocycles. The van der Waals surface area contributed by atoms with Crippen molar-refractivity contribution in [2.24, 2.45) is 4.99 Å². The fourth-order valence-electron chi connectivity index (χ4n) is 2.89. The zero-order valence-electron chi connectivity index (χ0n) is 17.2. The zero-order valence-corrected chi connectivity index (χ0v) is 17.2. The van der Waals surface area contributed by atoms with Gasteiger partial charge in [-0.25, -0.2) is 0 Å². The molecular weight excluding hydrogens is 336 g/mol. The second-order valence-electron chi connectivity index (χ2n) is 6.88. The van der Waals surface area contributed by atoms with Crippen LogP contribution in [0.3, 0.4) is 0 Å². The maximum absolute atomic E-state index is 5.75. The number of nitrogens with one attached hydrogen (secondary N) is 2. The van der Waals surface area contributed by atoms with Crippen molar-refractivity contribution < 1.29 is 4.74 Å². The van der Waals surface area contributed by atoms with Crippen molar-refractivity contribution in [1.82, 2.24) is 15.5 Å². The summed E-state index contributed by atoms with van der Waals surface area (Å²) in [7, 11) is 5.95. The van der Waals surface area contributed by atoms with Gasteiger partial charge >= 0.3 is 0 Å². The first-order valence-electron chi connectivity index (χ1n) is 9.41. The van der Waals surface area contributed by atoms with E-state index in [1.54, 1.807) is 7.05 Å². The number of hydrogen-bond donors (Lipinski definition) is 2. The van der Waals surface area contributed by atoms with E-state index < -0.39 is 0 Å². The highest BCUT2D eigenvalue weighted by Crippen LogP contribution is 2.20. The lowest BCUT2D eigenvalue weighted by Gasteiger charge is -2.15. The Kier molecular flexibility index (Phi) is 8.14. The van der Waals surface area contributed by atoms with Gasteiger partial charge < -0.3 is 20.3 Å². The summed E-state index contributed by atoms with van der Waals surface area (Å²) in [5.74, 6) is 1.70. The fraction of sp³-hybridized carbons (Fsp3) is 0.409. The summed E-state index contributed by atoms with van der Waals surface area (Å²) in [6, 6.07) is 14.9. The topological polar surface area (TPSA) is 48.9 Å². The minimum absolute atomic E-state index is 0.659. The summed E-state index contributed by atoms with van der Waals surface area (Å²) in [6.07, 6.45) is 0. The molecule has 0 unspecified atom stereocenters. The van der Waals surface area contributed by atoms with Gasteiger partial charge in [0.05, 0.1) is 6.61 Å². The summed E-state index contributed by atoms with van der Waals surface area (Å²) in [5.41, 5.74) is 4.87. The number of benzene rings is 2. The molecule has 27 heavy (non-hydrogen) atoms. The van der Waals surface area contributed by atoms with Crippen LogP contribution in [0.25, 0.3) is 0 Å². The minimum atomic E-state index is 0.659. The van der Waals surface area contributed by atoms with Gasteiger partial charge in [0.2, 0.25) is 0 Å². The molecule has 0 bridgehead atoms. The van der Waals surface area contributed by atoms with Crippen LogP contribution in [0.4, 0.5) is 0 Å². The molecule has 0 spiro atoms. The van der Waals surface area contributed by atoms with E-state index in [4.69, 9.17) is 4.74 Å². The molecule has 5 nitrogen and oxygen atoms in total. The molecule has 0 aliphatic heterocycles. The van der Waals surface area contributed by atoms with Crippen molar-refractivity contribution in [1.29, 1.82) is 0 Å². The molecule has 0 atom stereocenters. The summed E-state index contributed by atoms with van der Waals surface area (Å²) >= 11 is 0. The van der Waals surface area contributed by atoms with Gasteiger partial charge in [-0.1, -0.05) is 36.4 Å². The quantitative estimate of drug-likeness (QED) is 0.554. The van der Waals surface area contributed by atoms with Crippen LogP contribution in [0.2, 0.25) is 0 Å². The number of aliphatic imine (C=N–C) groups is 1. The Morgan fingerprint density at radius 2 is 1.78 bits per heavy atom. The lowest BCUT2D eigenvalue weighted by Crippen LogP contribution is -2.36. The van der Waals surface area contributed by atoms with Gasteiger partial charge in [0.25, 0.3) is 0 Å². The summed E-state index contributed by atoms with van der Waals surface area (Å²) in [5, 5.41) is 6.76. The van der Waals surface area contributed by atoms with E-state index >= 15 is 0 Å². The zero-order chi connectivity index (χ0) is 19.6. The van der Waals surface area contributed by atoms with Gasteiger partial charge in [0, 0.05) is 32.2 Å². The van der Waals surface area contributed by atoms with Crippen molar-refractivity contribution in [3.8, 4) is 5.75 Å². The molecule has 2 aromatic carbocycles. The van der Waals surface area contributed by atoms with Crippen LogP contribution >= 0.6 is 0 Å². The molecule has 0 saturated heterocycles. The molecule has 2 aromatic rings. The van der Waals surface area contributed by atoms with Gasteiger partial charge in [0.15, 0.2) is 5.96 Å². The Hall–Kier alpha value is -2.53. The molecule has 0 radical (unpaired) electrons. The Morgan fingerprint density at radius 1 is 1.04 bits per heavy atom. The minimum Gasteiger partial charge on any atom is -0.494 e. The van der Waals surface area contributed by atoms with E-state index in [-0.39, 0.29) is 0 Å². The second-order valence-corrected chi connectivity index (χ2v) is 6.88. The SMILES string of the molecule is CCOc1cc(C)ccc1CNC(=NC)NCc1cccc(CN(C)C)c1. The van der Waals surface area contributed by atoms with Crippen LogP contribution in [0.1, 0.15) is 29.2 Å². The predicted molar refractivity (Wildman–Crippen MR) is 113 cm³/mol. The third-order valence-electron chi connectivity index (χ3n) is 4.14. The molecule has 5 heteroatoms. The second kappa shape index (κ2) is 10.6. The van der Waals surface area contributed by atoms with E-state index in [0.29, 0.717) is 13.2 Å². The van der Waals surface area contributed by atoms with Crippen LogP contribution in [0.5, 0.6) is 5.75 Å². The Balaban J connectivity index is 1.93. The van der Waals surface area contributed by atoms with Crippen LogP contribution in [0.15, 0.2) is 47.5 Å². The summed E-state index contributed by atoms with van der Waals surface area (Å²) in [6.45, 7) is 7.07. The van der Waals surface area contributed by atoms with E-state index in [1.165, 1.54) is 16.7 Å². The molecule has 0 aliphatic carbocycles. The average Bonchev–Trinajstić information content (AvgIpc) is 2.63. The Labute approximate surface area is 163 Å². The first-order valence-corrected chi connectivity index (χ1v) is 9.41. The van der Waals surface area contributed by atoms with Crippen molar-refractivity contribution >= 4 is 5.96 Å². The highest BCUT2D eigenvalue weighted by atomic mass is 16.5. The van der Waals surface area contributed by atoms with Crippen molar-refractivity contribution in [2.75, 3.05) is 27.7 Å². The monoisotopic (exact) mass is 368 g/mol. The lowest BCUT2D eigenvalue weighted by molar-refractivity contribution is 0.336. The van der Waals surface area contributed by atoms with Gasteiger partial charge in [0.1, 0.15) is 5.75 Å². The molecule has 0 aliphatic rings. The Morgan fingerprint density at radius 3 is 2.48 bits per heavy atom. The van der Waals surface area contributed by atoms with Gasteiger partial charge in [-0.15, -0.1) is 0 Å². The highest BCUT2D eigenvalue weighted by Gasteiger charge is 2.06. The van der Waals surface area contributed by atoms with E-state index in [0.717, 1.165) is 30.4 Å². The maximum atomic E-state index is 5.75. The molecule has 0 aromatic heterocycles. The van der Waals surface area contributed by atoms with E-state index in [2.05, 4.69) is 84.0 Å². The average molecular weight is 369 g/mol. The molecule has 2 N–H and O–H groups in total. The molecular formula is C22H32N4O. The number of aryl methyl sites for hydroxylation is 1. The van der Waals surface area contributed by atoms with Crippen LogP contribution in [-0.4, -0.2) is 38.6 Å². The van der Waals surface area contributed by atoms with E-state index in [9.17, 15) is 0 Å². The molecule has 0 fully saturated rings. The third-order valence-corrected chi connectivity index (χ3v) is 4.14. The van der Waals surface area contributed by atoms with Gasteiger partial charge in [-0.05, 0) is 50.7 Å². The number of rotatable bonds is 8. The predicted octanol–water partition coefficient (Wildman–Crippen LogP) is 3.32. The molecule has 0 amide bonds. The third kappa shape index (κ3) is 6.94. The fourth-order valence-corrected chi connectivity index (χ4v) is 2.89. The van der Waals surface area contributed by atoms with Crippen LogP contribution in [0, 0.1) is 6.92 Å². The standard InChI is InChI=1S/C22H32N4O/c1-6-27-21-12-17(2)10-11-20(21)15-25-22(23-3)24-14-18-8-7-9-19(13-18)16-26(4)5/h7-13H,6,14-16H2,1-5H3,(H2,23,24,25).